The minimum atomic E-state index is 0.240. The predicted molar refractivity (Wildman–Crippen MR) is 93.2 cm³/mol. The lowest BCUT2D eigenvalue weighted by Gasteiger charge is -2.32. The Kier molecular flexibility index (Phi) is 6.27. The van der Waals surface area contributed by atoms with Gasteiger partial charge in [0.25, 0.3) is 0 Å². The van der Waals surface area contributed by atoms with E-state index in [9.17, 15) is 0 Å². The second-order valence-corrected chi connectivity index (χ2v) is 7.78. The fraction of sp³-hybridized carbons (Fsp3) is 0.667. The number of piperidine rings is 1. The topological polar surface area (TPSA) is 12.5 Å². The highest BCUT2D eigenvalue weighted by Crippen LogP contribution is 2.23. The van der Waals surface area contributed by atoms with Crippen molar-refractivity contribution < 1.29 is 4.74 Å². The summed E-state index contributed by atoms with van der Waals surface area (Å²) in [5, 5.41) is 0.938. The maximum absolute atomic E-state index is 5.81. The van der Waals surface area contributed by atoms with E-state index in [0.29, 0.717) is 6.10 Å². The molecule has 0 spiro atoms. The molecular formula is C18H28BrNO. The van der Waals surface area contributed by atoms with E-state index in [2.05, 4.69) is 65.9 Å². The first-order chi connectivity index (χ1) is 9.99. The van der Waals surface area contributed by atoms with Crippen LogP contribution < -0.4 is 0 Å². The van der Waals surface area contributed by atoms with Gasteiger partial charge in [0.15, 0.2) is 0 Å². The van der Waals surface area contributed by atoms with Gasteiger partial charge in [0.05, 0.1) is 12.7 Å². The van der Waals surface area contributed by atoms with Crippen molar-refractivity contribution in [1.82, 2.24) is 4.90 Å². The number of benzene rings is 1. The molecule has 0 N–H and O–H groups in total. The SMILES string of the molecule is CC(C)(C)c1ccc(CN2CCC(OCCBr)CC2)cc1. The molecule has 0 unspecified atom stereocenters. The average molecular weight is 354 g/mol. The van der Waals surface area contributed by atoms with E-state index >= 15 is 0 Å². The lowest BCUT2D eigenvalue weighted by Crippen LogP contribution is -2.36. The molecule has 0 saturated carbocycles. The average Bonchev–Trinajstić information content (AvgIpc) is 2.46. The zero-order valence-corrected chi connectivity index (χ0v) is 15.2. The van der Waals surface area contributed by atoms with E-state index in [4.69, 9.17) is 4.74 Å². The zero-order chi connectivity index (χ0) is 15.3. The normalized spacial score (nSPS) is 18.1. The summed E-state index contributed by atoms with van der Waals surface area (Å²) in [4.78, 5) is 2.54. The van der Waals surface area contributed by atoms with Crippen LogP contribution in [0, 0.1) is 0 Å². The van der Waals surface area contributed by atoms with Gasteiger partial charge in [-0.2, -0.15) is 0 Å². The molecule has 0 aliphatic carbocycles. The molecule has 0 atom stereocenters. The lowest BCUT2D eigenvalue weighted by atomic mass is 9.86. The van der Waals surface area contributed by atoms with Crippen LogP contribution in [-0.2, 0) is 16.7 Å². The molecule has 0 amide bonds. The number of halogens is 1. The minimum Gasteiger partial charge on any atom is -0.377 e. The third-order valence-electron chi connectivity index (χ3n) is 4.19. The molecule has 1 heterocycles. The standard InChI is InChI=1S/C18H28BrNO/c1-18(2,3)16-6-4-15(5-7-16)14-20-11-8-17(9-12-20)21-13-10-19/h4-7,17H,8-14H2,1-3H3. The van der Waals surface area contributed by atoms with Crippen LogP contribution in [0.2, 0.25) is 0 Å². The molecule has 2 rings (SSSR count). The Hall–Kier alpha value is -0.380. The summed E-state index contributed by atoms with van der Waals surface area (Å²) in [5.41, 5.74) is 3.07. The molecule has 1 aromatic rings. The first kappa shape index (κ1) is 17.0. The summed E-state index contributed by atoms with van der Waals surface area (Å²) in [6, 6.07) is 9.13. The first-order valence-electron chi connectivity index (χ1n) is 7.98. The van der Waals surface area contributed by atoms with Crippen LogP contribution in [-0.4, -0.2) is 36.0 Å². The summed E-state index contributed by atoms with van der Waals surface area (Å²) in [6.07, 6.45) is 2.78. The van der Waals surface area contributed by atoms with Crippen LogP contribution in [0.1, 0.15) is 44.7 Å². The Morgan fingerprint density at radius 2 is 1.76 bits per heavy atom. The van der Waals surface area contributed by atoms with Gasteiger partial charge in [-0.3, -0.25) is 4.90 Å². The van der Waals surface area contributed by atoms with Crippen LogP contribution in [0.25, 0.3) is 0 Å². The minimum absolute atomic E-state index is 0.240. The van der Waals surface area contributed by atoms with Crippen LogP contribution in [0.5, 0.6) is 0 Å². The van der Waals surface area contributed by atoms with Gasteiger partial charge in [-0.1, -0.05) is 61.0 Å². The highest BCUT2D eigenvalue weighted by molar-refractivity contribution is 9.09. The van der Waals surface area contributed by atoms with Crippen molar-refractivity contribution in [3.05, 3.63) is 35.4 Å². The van der Waals surface area contributed by atoms with Crippen LogP contribution in [0.3, 0.4) is 0 Å². The molecular weight excluding hydrogens is 326 g/mol. The van der Waals surface area contributed by atoms with E-state index in [0.717, 1.165) is 44.4 Å². The van der Waals surface area contributed by atoms with E-state index in [1.54, 1.807) is 0 Å². The molecule has 2 nitrogen and oxygen atoms in total. The largest absolute Gasteiger partial charge is 0.377 e. The van der Waals surface area contributed by atoms with E-state index in [-0.39, 0.29) is 5.41 Å². The maximum atomic E-state index is 5.81. The Balaban J connectivity index is 1.81. The summed E-state index contributed by atoms with van der Waals surface area (Å²) in [5.74, 6) is 0. The molecule has 0 radical (unpaired) electrons. The number of nitrogens with zero attached hydrogens (tertiary/aromatic N) is 1. The monoisotopic (exact) mass is 353 g/mol. The van der Waals surface area contributed by atoms with Crippen molar-refractivity contribution in [3.63, 3.8) is 0 Å². The van der Waals surface area contributed by atoms with Gasteiger partial charge in [0.2, 0.25) is 0 Å². The van der Waals surface area contributed by atoms with Crippen LogP contribution in [0.4, 0.5) is 0 Å². The summed E-state index contributed by atoms with van der Waals surface area (Å²) in [6.45, 7) is 11.0. The Labute approximate surface area is 138 Å². The highest BCUT2D eigenvalue weighted by Gasteiger charge is 2.19. The number of alkyl halides is 1. The van der Waals surface area contributed by atoms with Crippen LogP contribution >= 0.6 is 15.9 Å². The quantitative estimate of drug-likeness (QED) is 0.729. The molecule has 0 bridgehead atoms. The third-order valence-corrected chi connectivity index (χ3v) is 4.52. The molecule has 118 valence electrons. The molecule has 21 heavy (non-hydrogen) atoms. The van der Waals surface area contributed by atoms with Crippen molar-refractivity contribution in [2.24, 2.45) is 0 Å². The van der Waals surface area contributed by atoms with Crippen molar-refractivity contribution in [1.29, 1.82) is 0 Å². The van der Waals surface area contributed by atoms with Gasteiger partial charge in [-0.25, -0.2) is 0 Å². The van der Waals surface area contributed by atoms with Crippen molar-refractivity contribution in [2.75, 3.05) is 25.0 Å². The van der Waals surface area contributed by atoms with Gasteiger partial charge in [-0.05, 0) is 29.4 Å². The number of rotatable bonds is 5. The fourth-order valence-corrected chi connectivity index (χ4v) is 3.00. The third kappa shape index (κ3) is 5.39. The number of likely N-dealkylation sites (tertiary alicyclic amines) is 1. The van der Waals surface area contributed by atoms with Crippen molar-refractivity contribution in [3.8, 4) is 0 Å². The molecule has 3 heteroatoms. The fourth-order valence-electron chi connectivity index (χ4n) is 2.81. The predicted octanol–water partition coefficient (Wildman–Crippen LogP) is 4.36. The molecule has 1 aliphatic rings. The molecule has 1 fully saturated rings. The molecule has 0 aromatic heterocycles. The van der Waals surface area contributed by atoms with Gasteiger partial charge in [-0.15, -0.1) is 0 Å². The zero-order valence-electron chi connectivity index (χ0n) is 13.6. The Morgan fingerprint density at radius 3 is 2.29 bits per heavy atom. The Bertz CT molecular complexity index is 416. The van der Waals surface area contributed by atoms with Crippen molar-refractivity contribution in [2.45, 2.75) is 51.7 Å². The van der Waals surface area contributed by atoms with E-state index in [1.807, 2.05) is 0 Å². The second kappa shape index (κ2) is 7.75. The van der Waals surface area contributed by atoms with Gasteiger partial charge >= 0.3 is 0 Å². The molecule has 1 saturated heterocycles. The molecule has 1 aliphatic heterocycles. The summed E-state index contributed by atoms with van der Waals surface area (Å²) >= 11 is 3.42. The highest BCUT2D eigenvalue weighted by atomic mass is 79.9. The van der Waals surface area contributed by atoms with Gasteiger partial charge < -0.3 is 4.74 Å². The Morgan fingerprint density at radius 1 is 1.14 bits per heavy atom. The lowest BCUT2D eigenvalue weighted by molar-refractivity contribution is 0.0141. The van der Waals surface area contributed by atoms with Gasteiger partial charge in [0, 0.05) is 25.0 Å². The summed E-state index contributed by atoms with van der Waals surface area (Å²) in [7, 11) is 0. The second-order valence-electron chi connectivity index (χ2n) is 6.98. The number of hydrogen-bond donors (Lipinski definition) is 0. The smallest absolute Gasteiger partial charge is 0.0599 e. The van der Waals surface area contributed by atoms with E-state index < -0.39 is 0 Å². The van der Waals surface area contributed by atoms with Crippen molar-refractivity contribution >= 4 is 15.9 Å². The van der Waals surface area contributed by atoms with Gasteiger partial charge in [0.1, 0.15) is 0 Å². The maximum Gasteiger partial charge on any atom is 0.0599 e. The first-order valence-corrected chi connectivity index (χ1v) is 9.10. The number of hydrogen-bond acceptors (Lipinski definition) is 2. The molecule has 1 aromatic carbocycles. The number of ether oxygens (including phenoxy) is 1. The van der Waals surface area contributed by atoms with E-state index in [1.165, 1.54) is 11.1 Å². The summed E-state index contributed by atoms with van der Waals surface area (Å²) < 4.78 is 5.81. The van der Waals surface area contributed by atoms with Crippen LogP contribution in [0.15, 0.2) is 24.3 Å².